The van der Waals surface area contributed by atoms with Crippen LogP contribution in [0.1, 0.15) is 22.3 Å². The van der Waals surface area contributed by atoms with Gasteiger partial charge < -0.3 is 14.4 Å². The van der Waals surface area contributed by atoms with E-state index in [2.05, 4.69) is 53.4 Å². The predicted octanol–water partition coefficient (Wildman–Crippen LogP) is 10.8. The van der Waals surface area contributed by atoms with Gasteiger partial charge in [-0.3, -0.25) is 0 Å². The zero-order chi connectivity index (χ0) is 28.6. The summed E-state index contributed by atoms with van der Waals surface area (Å²) >= 11 is 13.2. The zero-order valence-electron chi connectivity index (χ0n) is 22.8. The zero-order valence-corrected chi connectivity index (χ0v) is 24.3. The number of nitrogens with zero attached hydrogens (tertiary/aromatic N) is 1. The molecule has 0 fully saturated rings. The van der Waals surface area contributed by atoms with Crippen LogP contribution in [0.5, 0.6) is 11.5 Å². The van der Waals surface area contributed by atoms with Crippen molar-refractivity contribution in [3.63, 3.8) is 0 Å². The van der Waals surface area contributed by atoms with Crippen LogP contribution < -0.4 is 14.4 Å². The lowest BCUT2D eigenvalue weighted by Gasteiger charge is -2.25. The maximum atomic E-state index is 6.64. The number of hydrogen-bond donors (Lipinski definition) is 0. The molecule has 5 rings (SSSR count). The highest BCUT2D eigenvalue weighted by atomic mass is 35.5. The molecule has 0 saturated heterocycles. The summed E-state index contributed by atoms with van der Waals surface area (Å²) in [4.78, 5) is 2.21. The highest BCUT2D eigenvalue weighted by molar-refractivity contribution is 6.35. The van der Waals surface area contributed by atoms with Crippen LogP contribution in [0.15, 0.2) is 115 Å². The average molecular weight is 579 g/mol. The van der Waals surface area contributed by atoms with Crippen LogP contribution in [-0.2, 0) is 0 Å². The van der Waals surface area contributed by atoms with Gasteiger partial charge in [-0.25, -0.2) is 0 Å². The van der Waals surface area contributed by atoms with E-state index in [9.17, 15) is 0 Å². The Kier molecular flexibility index (Phi) is 9.10. The number of hydrogen-bond acceptors (Lipinski definition) is 3. The molecule has 5 aromatic rings. The lowest BCUT2D eigenvalue weighted by atomic mass is 10.1. The molecular weight excluding hydrogens is 549 g/mol. The molecule has 204 valence electrons. The number of halogens is 2. The van der Waals surface area contributed by atoms with E-state index in [1.807, 2.05) is 91.0 Å². The van der Waals surface area contributed by atoms with Crippen LogP contribution in [0.2, 0.25) is 10.0 Å². The molecule has 0 atom stereocenters. The summed E-state index contributed by atoms with van der Waals surface area (Å²) in [5.74, 6) is 1.64. The lowest BCUT2D eigenvalue weighted by Crippen LogP contribution is -2.09. The van der Waals surface area contributed by atoms with Gasteiger partial charge in [0.2, 0.25) is 0 Å². The molecule has 3 nitrogen and oxygen atoms in total. The van der Waals surface area contributed by atoms with Gasteiger partial charge in [0.25, 0.3) is 0 Å². The fraction of sp³-hybridized carbons (Fsp3) is 0.0556. The summed E-state index contributed by atoms with van der Waals surface area (Å²) in [6.45, 7) is 0. The second-order valence-corrected chi connectivity index (χ2v) is 10.1. The smallest absolute Gasteiger partial charge is 0.119 e. The van der Waals surface area contributed by atoms with Gasteiger partial charge in [0.15, 0.2) is 0 Å². The van der Waals surface area contributed by atoms with Crippen molar-refractivity contribution in [1.82, 2.24) is 0 Å². The predicted molar refractivity (Wildman–Crippen MR) is 175 cm³/mol. The van der Waals surface area contributed by atoms with E-state index in [-0.39, 0.29) is 0 Å². The number of benzene rings is 5. The van der Waals surface area contributed by atoms with Crippen LogP contribution in [-0.4, -0.2) is 14.2 Å². The van der Waals surface area contributed by atoms with Gasteiger partial charge in [-0.05, 0) is 95.1 Å². The molecule has 0 aliphatic rings. The van der Waals surface area contributed by atoms with Gasteiger partial charge in [-0.2, -0.15) is 0 Å². The lowest BCUT2D eigenvalue weighted by molar-refractivity contribution is 0.414. The summed E-state index contributed by atoms with van der Waals surface area (Å²) in [5.41, 5.74) is 6.97. The fourth-order valence-corrected chi connectivity index (χ4v) is 4.88. The van der Waals surface area contributed by atoms with E-state index < -0.39 is 0 Å². The maximum Gasteiger partial charge on any atom is 0.119 e. The topological polar surface area (TPSA) is 21.7 Å². The van der Waals surface area contributed by atoms with Crippen LogP contribution in [0, 0.1) is 0 Å². The highest BCUT2D eigenvalue weighted by Gasteiger charge is 2.12. The standard InChI is InChI=1S/C36H29Cl2NO2/c1-40-33-20-12-27(13-21-33)9-15-29-25-35(37)28(24-36(29)38)14-8-26-10-16-31(17-11-26)39(30-6-4-3-5-7-30)32-18-22-34(41-2)23-19-32/h3-25H,1-2H3/b14-8-,15-9-. The molecule has 5 heteroatoms. The molecule has 0 N–H and O–H groups in total. The van der Waals surface area contributed by atoms with E-state index in [4.69, 9.17) is 32.7 Å². The first-order valence-corrected chi connectivity index (χ1v) is 13.9. The molecule has 0 heterocycles. The minimum atomic E-state index is 0.631. The summed E-state index contributed by atoms with van der Waals surface area (Å²) in [7, 11) is 3.33. The van der Waals surface area contributed by atoms with Crippen molar-refractivity contribution >= 4 is 64.6 Å². The molecule has 0 saturated carbocycles. The van der Waals surface area contributed by atoms with Crippen molar-refractivity contribution in [2.45, 2.75) is 0 Å². The third-order valence-electron chi connectivity index (χ3n) is 6.64. The molecule has 0 aliphatic carbocycles. The molecule has 0 radical (unpaired) electrons. The molecule has 0 unspecified atom stereocenters. The van der Waals surface area contributed by atoms with Crippen LogP contribution in [0.25, 0.3) is 24.3 Å². The van der Waals surface area contributed by atoms with Gasteiger partial charge in [-0.15, -0.1) is 0 Å². The Balaban J connectivity index is 1.34. The first kappa shape index (κ1) is 28.1. The summed E-state index contributed by atoms with van der Waals surface area (Å²) in [6, 6.07) is 38.4. The monoisotopic (exact) mass is 577 g/mol. The summed E-state index contributed by atoms with van der Waals surface area (Å²) in [6.07, 6.45) is 7.98. The number of ether oxygens (including phenoxy) is 2. The number of anilines is 3. The Labute approximate surface area is 251 Å². The molecule has 41 heavy (non-hydrogen) atoms. The minimum Gasteiger partial charge on any atom is -0.497 e. The third kappa shape index (κ3) is 7.01. The van der Waals surface area contributed by atoms with Gasteiger partial charge in [0.1, 0.15) is 11.5 Å². The van der Waals surface area contributed by atoms with Crippen molar-refractivity contribution < 1.29 is 9.47 Å². The molecule has 5 aromatic carbocycles. The van der Waals surface area contributed by atoms with Crippen molar-refractivity contribution in [2.75, 3.05) is 19.1 Å². The molecule has 0 bridgehead atoms. The van der Waals surface area contributed by atoms with Gasteiger partial charge >= 0.3 is 0 Å². The normalized spacial score (nSPS) is 11.2. The van der Waals surface area contributed by atoms with Crippen molar-refractivity contribution in [2.24, 2.45) is 0 Å². The van der Waals surface area contributed by atoms with Gasteiger partial charge in [0, 0.05) is 27.1 Å². The average Bonchev–Trinajstić information content (AvgIpc) is 3.02. The van der Waals surface area contributed by atoms with Crippen molar-refractivity contribution in [3.05, 3.63) is 148 Å². The molecular formula is C36H29Cl2NO2. The molecule has 0 spiro atoms. The Morgan fingerprint density at radius 3 is 1.34 bits per heavy atom. The Morgan fingerprint density at radius 2 is 0.878 bits per heavy atom. The minimum absolute atomic E-state index is 0.631. The van der Waals surface area contributed by atoms with Crippen LogP contribution >= 0.6 is 23.2 Å². The van der Waals surface area contributed by atoms with Gasteiger partial charge in [0.05, 0.1) is 14.2 Å². The van der Waals surface area contributed by atoms with Crippen molar-refractivity contribution in [1.29, 1.82) is 0 Å². The van der Waals surface area contributed by atoms with Crippen LogP contribution in [0.3, 0.4) is 0 Å². The second kappa shape index (κ2) is 13.3. The SMILES string of the molecule is COc1ccc(/C=C\c2cc(Cl)c(/C=C\c3ccc(N(c4ccccc4)c4ccc(OC)cc4)cc3)cc2Cl)cc1. The fourth-order valence-electron chi connectivity index (χ4n) is 4.41. The molecule has 0 aliphatic heterocycles. The Hall–Kier alpha value is -4.44. The second-order valence-electron chi connectivity index (χ2n) is 9.30. The van der Waals surface area contributed by atoms with Gasteiger partial charge in [-0.1, -0.05) is 90.0 Å². The number of rotatable bonds is 9. The maximum absolute atomic E-state index is 6.64. The van der Waals surface area contributed by atoms with E-state index in [1.165, 1.54) is 0 Å². The number of methoxy groups -OCH3 is 2. The largest absolute Gasteiger partial charge is 0.497 e. The Morgan fingerprint density at radius 1 is 0.488 bits per heavy atom. The first-order valence-electron chi connectivity index (χ1n) is 13.1. The first-order chi connectivity index (χ1) is 20.0. The summed E-state index contributed by atoms with van der Waals surface area (Å²) < 4.78 is 10.6. The van der Waals surface area contributed by atoms with E-state index in [0.29, 0.717) is 10.0 Å². The number of para-hydroxylation sites is 1. The van der Waals surface area contributed by atoms with E-state index in [1.54, 1.807) is 14.2 Å². The quantitative estimate of drug-likeness (QED) is 0.162. The van der Waals surface area contributed by atoms with Crippen molar-refractivity contribution in [3.8, 4) is 11.5 Å². The highest BCUT2D eigenvalue weighted by Crippen LogP contribution is 2.35. The van der Waals surface area contributed by atoms with E-state index in [0.717, 1.165) is 50.8 Å². The Bertz CT molecular complexity index is 1640. The summed E-state index contributed by atoms with van der Waals surface area (Å²) in [5, 5.41) is 1.26. The third-order valence-corrected chi connectivity index (χ3v) is 7.29. The van der Waals surface area contributed by atoms with E-state index >= 15 is 0 Å². The molecule has 0 amide bonds. The molecule has 0 aromatic heterocycles. The van der Waals surface area contributed by atoms with Crippen LogP contribution in [0.4, 0.5) is 17.1 Å².